The fourth-order valence-corrected chi connectivity index (χ4v) is 4.71. The molecule has 0 saturated carbocycles. The largest absolute Gasteiger partial charge is 0.471 e. The Morgan fingerprint density at radius 3 is 2.57 bits per heavy atom. The Hall–Kier alpha value is -3.84. The number of carbonyl (C=O) groups excluding carboxylic acids is 1. The molecule has 0 aliphatic carbocycles. The Morgan fingerprint density at radius 2 is 1.94 bits per heavy atom. The normalized spacial score (nSPS) is 13.4. The molecule has 1 amide bonds. The third kappa shape index (κ3) is 5.46. The van der Waals surface area contributed by atoms with Gasteiger partial charge in [0, 0.05) is 37.0 Å². The standard InChI is InChI=1S/C22H18F3N5O4S/c1-33-12-13-35(32,18-4-2-3-10-26-18)29-20(31)16-9-11-30(14-16)17-7-5-15(6-8-17)19-27-21(34-28-19)22(23,24)25/h2-11,14H,12-13H2,1H3. The van der Waals surface area contributed by atoms with Gasteiger partial charge >= 0.3 is 12.1 Å². The molecule has 3 heterocycles. The van der Waals surface area contributed by atoms with E-state index < -0.39 is 27.7 Å². The summed E-state index contributed by atoms with van der Waals surface area (Å²) in [7, 11) is -1.69. The van der Waals surface area contributed by atoms with Crippen molar-refractivity contribution in [3.8, 4) is 17.1 Å². The lowest BCUT2D eigenvalue weighted by Gasteiger charge is -2.08. The molecule has 0 aliphatic heterocycles. The van der Waals surface area contributed by atoms with Crippen LogP contribution in [-0.2, 0) is 20.6 Å². The minimum atomic E-state index is -4.73. The first-order chi connectivity index (χ1) is 16.7. The molecule has 0 N–H and O–H groups in total. The van der Waals surface area contributed by atoms with Crippen LogP contribution in [0.4, 0.5) is 13.2 Å². The van der Waals surface area contributed by atoms with Gasteiger partial charge in [0.2, 0.25) is 5.82 Å². The SMILES string of the molecule is COCCS(=O)(=NC(=O)c1ccn(-c2ccc(-c3noc(C(F)(F)F)n3)cc2)c1)c1ccccn1. The second kappa shape index (κ2) is 9.80. The van der Waals surface area contributed by atoms with E-state index in [0.717, 1.165) is 0 Å². The van der Waals surface area contributed by atoms with E-state index in [9.17, 15) is 22.2 Å². The van der Waals surface area contributed by atoms with E-state index in [4.69, 9.17) is 4.74 Å². The van der Waals surface area contributed by atoms with Crippen molar-refractivity contribution in [2.75, 3.05) is 19.5 Å². The number of ether oxygens (including phenoxy) is 1. The summed E-state index contributed by atoms with van der Waals surface area (Å²) < 4.78 is 66.3. The monoisotopic (exact) mass is 505 g/mol. The molecule has 13 heteroatoms. The highest BCUT2D eigenvalue weighted by atomic mass is 32.2. The van der Waals surface area contributed by atoms with Crippen molar-refractivity contribution in [1.29, 1.82) is 0 Å². The summed E-state index contributed by atoms with van der Waals surface area (Å²) in [6, 6.07) is 12.6. The Bertz CT molecular complexity index is 1440. The second-order valence-corrected chi connectivity index (χ2v) is 9.47. The molecule has 4 aromatic rings. The van der Waals surface area contributed by atoms with Gasteiger partial charge in [0.25, 0.3) is 5.91 Å². The van der Waals surface area contributed by atoms with Crippen LogP contribution in [0, 0.1) is 0 Å². The van der Waals surface area contributed by atoms with E-state index in [1.807, 2.05) is 0 Å². The Labute approximate surface area is 197 Å². The van der Waals surface area contributed by atoms with Gasteiger partial charge < -0.3 is 13.8 Å². The number of amides is 1. The van der Waals surface area contributed by atoms with Gasteiger partial charge in [-0.1, -0.05) is 11.2 Å². The number of halogens is 3. The quantitative estimate of drug-likeness (QED) is 0.369. The van der Waals surface area contributed by atoms with Crippen LogP contribution in [0.5, 0.6) is 0 Å². The van der Waals surface area contributed by atoms with Crippen molar-refractivity contribution in [3.63, 3.8) is 0 Å². The average Bonchev–Trinajstić information content (AvgIpc) is 3.54. The first-order valence-corrected chi connectivity index (χ1v) is 11.8. The molecular formula is C22H18F3N5O4S. The first kappa shape index (κ1) is 24.3. The van der Waals surface area contributed by atoms with Crippen molar-refractivity contribution in [2.45, 2.75) is 11.2 Å². The summed E-state index contributed by atoms with van der Waals surface area (Å²) in [5, 5.41) is 3.54. The topological polar surface area (TPSA) is 112 Å². The minimum absolute atomic E-state index is 0.000555. The molecule has 9 nitrogen and oxygen atoms in total. The summed E-state index contributed by atoms with van der Waals surface area (Å²) >= 11 is 0. The zero-order valence-electron chi connectivity index (χ0n) is 18.2. The number of nitrogens with zero attached hydrogens (tertiary/aromatic N) is 5. The predicted molar refractivity (Wildman–Crippen MR) is 118 cm³/mol. The van der Waals surface area contributed by atoms with Gasteiger partial charge in [0.1, 0.15) is 14.8 Å². The molecule has 3 aromatic heterocycles. The lowest BCUT2D eigenvalue weighted by atomic mass is 10.2. The molecule has 1 aromatic carbocycles. The third-order valence-corrected chi connectivity index (χ3v) is 6.87. The van der Waals surface area contributed by atoms with E-state index in [1.165, 1.54) is 37.7 Å². The maximum absolute atomic E-state index is 13.4. The smallest absolute Gasteiger partial charge is 0.384 e. The van der Waals surface area contributed by atoms with Crippen LogP contribution in [0.1, 0.15) is 16.2 Å². The number of rotatable bonds is 7. The number of pyridine rings is 1. The summed E-state index contributed by atoms with van der Waals surface area (Å²) in [6.07, 6.45) is -0.147. The van der Waals surface area contributed by atoms with E-state index in [-0.39, 0.29) is 28.8 Å². The molecule has 35 heavy (non-hydrogen) atoms. The second-order valence-electron chi connectivity index (χ2n) is 7.18. The van der Waals surface area contributed by atoms with Crippen molar-refractivity contribution in [2.24, 2.45) is 4.36 Å². The van der Waals surface area contributed by atoms with Crippen LogP contribution in [-0.4, -0.2) is 49.3 Å². The lowest BCUT2D eigenvalue weighted by Crippen LogP contribution is -2.15. The van der Waals surface area contributed by atoms with Gasteiger partial charge in [0.05, 0.1) is 17.9 Å². The number of methoxy groups -OCH3 is 1. The summed E-state index contributed by atoms with van der Waals surface area (Å²) in [6.45, 7) is 0.129. The number of benzene rings is 1. The molecule has 4 rings (SSSR count). The highest BCUT2D eigenvalue weighted by molar-refractivity contribution is 7.93. The highest BCUT2D eigenvalue weighted by Gasteiger charge is 2.38. The zero-order valence-corrected chi connectivity index (χ0v) is 19.0. The van der Waals surface area contributed by atoms with Crippen molar-refractivity contribution < 1.29 is 31.4 Å². The van der Waals surface area contributed by atoms with E-state index in [0.29, 0.717) is 11.3 Å². The van der Waals surface area contributed by atoms with Crippen molar-refractivity contribution in [1.82, 2.24) is 19.7 Å². The van der Waals surface area contributed by atoms with Crippen LogP contribution in [0.25, 0.3) is 17.1 Å². The number of alkyl halides is 3. The van der Waals surface area contributed by atoms with Crippen LogP contribution in [0.2, 0.25) is 0 Å². The average molecular weight is 505 g/mol. The molecule has 0 bridgehead atoms. The fourth-order valence-electron chi connectivity index (χ4n) is 3.04. The number of hydrogen-bond donors (Lipinski definition) is 0. The molecule has 0 spiro atoms. The van der Waals surface area contributed by atoms with E-state index >= 15 is 0 Å². The van der Waals surface area contributed by atoms with Crippen LogP contribution >= 0.6 is 0 Å². The number of hydrogen-bond acceptors (Lipinski definition) is 7. The summed E-state index contributed by atoms with van der Waals surface area (Å²) in [4.78, 5) is 20.3. The maximum Gasteiger partial charge on any atom is 0.471 e. The van der Waals surface area contributed by atoms with Crippen molar-refractivity contribution >= 4 is 15.6 Å². The highest BCUT2D eigenvalue weighted by Crippen LogP contribution is 2.29. The van der Waals surface area contributed by atoms with Crippen LogP contribution in [0.15, 0.2) is 81.0 Å². The summed E-state index contributed by atoms with van der Waals surface area (Å²) in [5.74, 6) is -2.31. The Morgan fingerprint density at radius 1 is 1.17 bits per heavy atom. The molecule has 0 aliphatic rings. The molecular weight excluding hydrogens is 487 g/mol. The van der Waals surface area contributed by atoms with Gasteiger partial charge in [0.15, 0.2) is 0 Å². The van der Waals surface area contributed by atoms with Gasteiger partial charge in [-0.15, -0.1) is 0 Å². The van der Waals surface area contributed by atoms with Gasteiger partial charge in [-0.25, -0.2) is 9.19 Å². The van der Waals surface area contributed by atoms with Gasteiger partial charge in [-0.05, 0) is 42.5 Å². The maximum atomic E-state index is 13.4. The Kier molecular flexibility index (Phi) is 6.80. The van der Waals surface area contributed by atoms with E-state index in [1.54, 1.807) is 41.1 Å². The number of carbonyl (C=O) groups is 1. The predicted octanol–water partition coefficient (Wildman–Crippen LogP) is 4.25. The number of aromatic nitrogens is 4. The zero-order chi connectivity index (χ0) is 25.1. The van der Waals surface area contributed by atoms with E-state index in [2.05, 4.69) is 24.0 Å². The molecule has 0 radical (unpaired) electrons. The van der Waals surface area contributed by atoms with Crippen LogP contribution < -0.4 is 0 Å². The molecule has 0 fully saturated rings. The lowest BCUT2D eigenvalue weighted by molar-refractivity contribution is -0.159. The molecule has 1 atom stereocenters. The molecule has 182 valence electrons. The molecule has 0 saturated heterocycles. The first-order valence-electron chi connectivity index (χ1n) is 10.1. The van der Waals surface area contributed by atoms with Crippen molar-refractivity contribution in [3.05, 3.63) is 78.6 Å². The fraction of sp³-hybridized carbons (Fsp3) is 0.182. The van der Waals surface area contributed by atoms with Gasteiger partial charge in [-0.2, -0.15) is 22.5 Å². The van der Waals surface area contributed by atoms with Gasteiger partial charge in [-0.3, -0.25) is 4.79 Å². The summed E-state index contributed by atoms with van der Waals surface area (Å²) in [5.41, 5.74) is 1.13. The Balaban J connectivity index is 1.57. The minimum Gasteiger partial charge on any atom is -0.384 e. The molecule has 1 unspecified atom stereocenters. The third-order valence-electron chi connectivity index (χ3n) is 4.79. The van der Waals surface area contributed by atoms with Crippen LogP contribution in [0.3, 0.4) is 0 Å².